The number of amidine groups is 1. The number of carbonyl (C=O) groups excluding carboxylic acids is 2. The van der Waals surface area contributed by atoms with Crippen LogP contribution in [0.3, 0.4) is 0 Å². The molecule has 0 radical (unpaired) electrons. The Balaban J connectivity index is 1.59. The van der Waals surface area contributed by atoms with E-state index in [0.29, 0.717) is 11.7 Å². The molecule has 2 amide bonds. The summed E-state index contributed by atoms with van der Waals surface area (Å²) in [5.74, 6) is -0.293. The third kappa shape index (κ3) is 5.26. The monoisotopic (exact) mass is 443 g/mol. The number of para-hydroxylation sites is 1. The van der Waals surface area contributed by atoms with Crippen LogP contribution in [0.2, 0.25) is 0 Å². The molecule has 1 aliphatic rings. The lowest BCUT2D eigenvalue weighted by atomic mass is 10.1. The molecule has 1 aliphatic heterocycles. The van der Waals surface area contributed by atoms with Crippen molar-refractivity contribution in [2.75, 3.05) is 5.32 Å². The molecule has 0 spiro atoms. The number of nitrogens with zero attached hydrogens (tertiary/aromatic N) is 2. The molecule has 1 fully saturated rings. The number of carbonyl (C=O) groups is 2. The average Bonchev–Trinajstić information content (AvgIpc) is 2.79. The fraction of sp³-hybridized carbons (Fsp3) is 0.192. The van der Waals surface area contributed by atoms with Crippen LogP contribution in [-0.4, -0.2) is 27.1 Å². The first kappa shape index (κ1) is 21.8. The topological polar surface area (TPSA) is 61.8 Å². The van der Waals surface area contributed by atoms with Gasteiger partial charge in [-0.25, -0.2) is 4.99 Å². The summed E-state index contributed by atoms with van der Waals surface area (Å²) in [5, 5.41) is 2.99. The molecule has 0 aromatic heterocycles. The molecule has 1 atom stereocenters. The first-order valence-electron chi connectivity index (χ1n) is 10.5. The molecule has 0 bridgehead atoms. The van der Waals surface area contributed by atoms with Crippen LogP contribution in [0.25, 0.3) is 0 Å². The average molecular weight is 444 g/mol. The van der Waals surface area contributed by atoms with E-state index in [2.05, 4.69) is 5.32 Å². The molecular weight excluding hydrogens is 418 g/mol. The number of thioether (sulfide) groups is 1. The molecule has 0 aliphatic carbocycles. The van der Waals surface area contributed by atoms with Crippen LogP contribution < -0.4 is 5.32 Å². The van der Waals surface area contributed by atoms with Gasteiger partial charge >= 0.3 is 0 Å². The van der Waals surface area contributed by atoms with Gasteiger partial charge in [-0.05, 0) is 43.2 Å². The van der Waals surface area contributed by atoms with E-state index < -0.39 is 5.25 Å². The minimum atomic E-state index is -0.544. The Morgan fingerprint density at radius 2 is 1.72 bits per heavy atom. The Hall–Kier alpha value is -3.38. The zero-order valence-electron chi connectivity index (χ0n) is 18.1. The van der Waals surface area contributed by atoms with Gasteiger partial charge < -0.3 is 5.32 Å². The SMILES string of the molecule is Cc1ccc(NC(=O)[C@@H]2CC(=O)N(Cc3ccccc3)C(=Nc3ccccc3)S2)c(C)c1. The molecule has 162 valence electrons. The summed E-state index contributed by atoms with van der Waals surface area (Å²) in [7, 11) is 0. The number of aliphatic imine (C=N–C) groups is 1. The number of rotatable bonds is 5. The van der Waals surface area contributed by atoms with E-state index in [1.807, 2.05) is 92.7 Å². The van der Waals surface area contributed by atoms with Gasteiger partial charge in [0.25, 0.3) is 0 Å². The second kappa shape index (κ2) is 9.83. The highest BCUT2D eigenvalue weighted by Crippen LogP contribution is 2.31. The van der Waals surface area contributed by atoms with Crippen LogP contribution in [-0.2, 0) is 16.1 Å². The Kier molecular flexibility index (Phi) is 6.71. The van der Waals surface area contributed by atoms with Crippen molar-refractivity contribution in [1.29, 1.82) is 0 Å². The van der Waals surface area contributed by atoms with Gasteiger partial charge in [-0.3, -0.25) is 14.5 Å². The highest BCUT2D eigenvalue weighted by molar-refractivity contribution is 8.15. The smallest absolute Gasteiger partial charge is 0.238 e. The van der Waals surface area contributed by atoms with Crippen molar-refractivity contribution in [3.05, 3.63) is 95.6 Å². The van der Waals surface area contributed by atoms with E-state index in [1.165, 1.54) is 11.8 Å². The second-order valence-corrected chi connectivity index (χ2v) is 8.98. The quantitative estimate of drug-likeness (QED) is 0.569. The first-order chi connectivity index (χ1) is 15.5. The summed E-state index contributed by atoms with van der Waals surface area (Å²) in [5.41, 5.74) is 4.66. The van der Waals surface area contributed by atoms with Crippen LogP contribution in [0.4, 0.5) is 11.4 Å². The highest BCUT2D eigenvalue weighted by Gasteiger charge is 2.36. The summed E-state index contributed by atoms with van der Waals surface area (Å²) in [6.07, 6.45) is 0.127. The van der Waals surface area contributed by atoms with E-state index in [0.717, 1.165) is 28.1 Å². The van der Waals surface area contributed by atoms with Gasteiger partial charge in [0.05, 0.1) is 12.2 Å². The van der Waals surface area contributed by atoms with Crippen molar-refractivity contribution in [2.24, 2.45) is 4.99 Å². The normalized spacial score (nSPS) is 17.4. The first-order valence-corrected chi connectivity index (χ1v) is 11.4. The minimum absolute atomic E-state index is 0.108. The molecule has 3 aromatic carbocycles. The molecule has 1 saturated heterocycles. The van der Waals surface area contributed by atoms with E-state index in [4.69, 9.17) is 4.99 Å². The van der Waals surface area contributed by atoms with E-state index in [1.54, 1.807) is 4.90 Å². The summed E-state index contributed by atoms with van der Waals surface area (Å²) in [6.45, 7) is 4.40. The number of aryl methyl sites for hydroxylation is 2. The van der Waals surface area contributed by atoms with Gasteiger partial charge in [-0.1, -0.05) is 78.0 Å². The maximum absolute atomic E-state index is 13.1. The molecule has 32 heavy (non-hydrogen) atoms. The van der Waals surface area contributed by atoms with Crippen molar-refractivity contribution < 1.29 is 9.59 Å². The summed E-state index contributed by atoms with van der Waals surface area (Å²) in [4.78, 5) is 32.6. The number of hydrogen-bond donors (Lipinski definition) is 1. The Morgan fingerprint density at radius 3 is 2.41 bits per heavy atom. The van der Waals surface area contributed by atoms with Gasteiger partial charge in [-0.2, -0.15) is 0 Å². The molecule has 1 N–H and O–H groups in total. The predicted molar refractivity (Wildman–Crippen MR) is 131 cm³/mol. The maximum Gasteiger partial charge on any atom is 0.238 e. The molecule has 0 unspecified atom stereocenters. The van der Waals surface area contributed by atoms with E-state index in [-0.39, 0.29) is 18.2 Å². The van der Waals surface area contributed by atoms with Gasteiger partial charge in [-0.15, -0.1) is 0 Å². The molecule has 3 aromatic rings. The molecular formula is C26H25N3O2S. The van der Waals surface area contributed by atoms with Crippen LogP contribution >= 0.6 is 11.8 Å². The lowest BCUT2D eigenvalue weighted by Gasteiger charge is -2.32. The van der Waals surface area contributed by atoms with Crippen molar-refractivity contribution in [3.63, 3.8) is 0 Å². The third-order valence-electron chi connectivity index (χ3n) is 5.24. The highest BCUT2D eigenvalue weighted by atomic mass is 32.2. The van der Waals surface area contributed by atoms with Crippen molar-refractivity contribution in [3.8, 4) is 0 Å². The lowest BCUT2D eigenvalue weighted by molar-refractivity contribution is -0.129. The largest absolute Gasteiger partial charge is 0.325 e. The van der Waals surface area contributed by atoms with Crippen molar-refractivity contribution in [2.45, 2.75) is 32.1 Å². The zero-order valence-corrected chi connectivity index (χ0v) is 18.9. The van der Waals surface area contributed by atoms with E-state index >= 15 is 0 Å². The summed E-state index contributed by atoms with van der Waals surface area (Å²) < 4.78 is 0. The Bertz CT molecular complexity index is 1150. The number of anilines is 1. The van der Waals surface area contributed by atoms with Crippen molar-refractivity contribution in [1.82, 2.24) is 4.90 Å². The number of hydrogen-bond acceptors (Lipinski definition) is 4. The number of nitrogens with one attached hydrogen (secondary N) is 1. The van der Waals surface area contributed by atoms with Crippen molar-refractivity contribution >= 4 is 40.1 Å². The fourth-order valence-corrected chi connectivity index (χ4v) is 4.64. The molecule has 6 heteroatoms. The third-order valence-corrected chi connectivity index (χ3v) is 6.42. The summed E-state index contributed by atoms with van der Waals surface area (Å²) in [6, 6.07) is 25.2. The van der Waals surface area contributed by atoms with E-state index in [9.17, 15) is 9.59 Å². The van der Waals surface area contributed by atoms with Crippen LogP contribution in [0, 0.1) is 13.8 Å². The fourth-order valence-electron chi connectivity index (χ4n) is 3.54. The van der Waals surface area contributed by atoms with Crippen LogP contribution in [0.5, 0.6) is 0 Å². The zero-order chi connectivity index (χ0) is 22.5. The minimum Gasteiger partial charge on any atom is -0.325 e. The standard InChI is InChI=1S/C26H25N3O2S/c1-18-13-14-22(19(2)15-18)28-25(31)23-16-24(30)29(17-20-9-5-3-6-10-20)26(32-23)27-21-11-7-4-8-12-21/h3-15,23H,16-17H2,1-2H3,(H,28,31)/t23-/m0/s1. The molecule has 1 heterocycles. The van der Waals surface area contributed by atoms with Gasteiger partial charge in [0.1, 0.15) is 5.25 Å². The molecule has 0 saturated carbocycles. The maximum atomic E-state index is 13.1. The number of amides is 2. The van der Waals surface area contributed by atoms with Gasteiger partial charge in [0.2, 0.25) is 11.8 Å². The van der Waals surface area contributed by atoms with Crippen LogP contribution in [0.1, 0.15) is 23.1 Å². The Labute approximate surface area is 192 Å². The van der Waals surface area contributed by atoms with Gasteiger partial charge in [0, 0.05) is 12.1 Å². The molecule has 5 nitrogen and oxygen atoms in total. The van der Waals surface area contributed by atoms with Crippen LogP contribution in [0.15, 0.2) is 83.9 Å². The number of benzene rings is 3. The summed E-state index contributed by atoms with van der Waals surface area (Å²) >= 11 is 1.34. The Morgan fingerprint density at radius 1 is 1.03 bits per heavy atom. The lowest BCUT2D eigenvalue weighted by Crippen LogP contribution is -2.44. The molecule has 4 rings (SSSR count). The van der Waals surface area contributed by atoms with Gasteiger partial charge in [0.15, 0.2) is 5.17 Å². The second-order valence-electron chi connectivity index (χ2n) is 7.81. The predicted octanol–water partition coefficient (Wildman–Crippen LogP) is 5.46.